The van der Waals surface area contributed by atoms with Gasteiger partial charge in [0.2, 0.25) is 0 Å². The first-order valence-electron chi connectivity index (χ1n) is 6.83. The standard InChI is InChI=1S/C15H22N2O/c1-15(9-17(2)10-15)11-18-14-7-3-6-13-12(14)5-4-8-16-13/h3,6-7,16H,4-5,8-11H2,1-2H3. The summed E-state index contributed by atoms with van der Waals surface area (Å²) in [4.78, 5) is 2.34. The average molecular weight is 246 g/mol. The Balaban J connectivity index is 1.69. The second-order valence-electron chi connectivity index (χ2n) is 6.08. The molecule has 0 aromatic heterocycles. The van der Waals surface area contributed by atoms with E-state index in [0.29, 0.717) is 5.41 Å². The fourth-order valence-corrected chi connectivity index (χ4v) is 3.21. The van der Waals surface area contributed by atoms with Crippen LogP contribution in [0.1, 0.15) is 18.9 Å². The average Bonchev–Trinajstić information content (AvgIpc) is 2.35. The lowest BCUT2D eigenvalue weighted by Crippen LogP contribution is -2.55. The molecule has 0 aliphatic carbocycles. The van der Waals surface area contributed by atoms with Crippen LogP contribution in [-0.2, 0) is 6.42 Å². The molecular weight excluding hydrogens is 224 g/mol. The predicted octanol–water partition coefficient (Wildman–Crippen LogP) is 2.38. The van der Waals surface area contributed by atoms with Crippen LogP contribution in [0, 0.1) is 5.41 Å². The lowest BCUT2D eigenvalue weighted by molar-refractivity contribution is -0.00161. The van der Waals surface area contributed by atoms with Crippen LogP contribution in [0.5, 0.6) is 5.75 Å². The lowest BCUT2D eigenvalue weighted by atomic mass is 9.83. The first-order valence-corrected chi connectivity index (χ1v) is 6.83. The van der Waals surface area contributed by atoms with E-state index in [1.807, 2.05) is 0 Å². The highest BCUT2D eigenvalue weighted by molar-refractivity contribution is 5.59. The number of nitrogens with one attached hydrogen (secondary N) is 1. The summed E-state index contributed by atoms with van der Waals surface area (Å²) < 4.78 is 6.09. The Labute approximate surface area is 109 Å². The summed E-state index contributed by atoms with van der Waals surface area (Å²) in [5, 5.41) is 3.45. The van der Waals surface area contributed by atoms with E-state index in [9.17, 15) is 0 Å². The van der Waals surface area contributed by atoms with Crippen LogP contribution in [0.2, 0.25) is 0 Å². The summed E-state index contributed by atoms with van der Waals surface area (Å²) in [7, 11) is 2.16. The van der Waals surface area contributed by atoms with Crippen LogP contribution in [-0.4, -0.2) is 38.2 Å². The van der Waals surface area contributed by atoms with E-state index in [1.54, 1.807) is 0 Å². The molecule has 98 valence electrons. The van der Waals surface area contributed by atoms with Crippen molar-refractivity contribution < 1.29 is 4.74 Å². The molecule has 3 heteroatoms. The van der Waals surface area contributed by atoms with Gasteiger partial charge < -0.3 is 15.0 Å². The molecule has 2 aliphatic heterocycles. The summed E-state index contributed by atoms with van der Waals surface area (Å²) in [6.45, 7) is 6.49. The molecule has 2 aliphatic rings. The second-order valence-corrected chi connectivity index (χ2v) is 6.08. The van der Waals surface area contributed by atoms with Crippen molar-refractivity contribution in [3.8, 4) is 5.75 Å². The van der Waals surface area contributed by atoms with Gasteiger partial charge in [-0.25, -0.2) is 0 Å². The Hall–Kier alpha value is -1.22. The zero-order valence-corrected chi connectivity index (χ0v) is 11.3. The summed E-state index contributed by atoms with van der Waals surface area (Å²) in [5.74, 6) is 1.08. The number of hydrogen-bond donors (Lipinski definition) is 1. The number of fused-ring (bicyclic) bond motifs is 1. The van der Waals surface area contributed by atoms with Gasteiger partial charge in [0.05, 0.1) is 6.61 Å². The second kappa shape index (κ2) is 4.47. The van der Waals surface area contributed by atoms with Gasteiger partial charge in [-0.15, -0.1) is 0 Å². The van der Waals surface area contributed by atoms with Crippen molar-refractivity contribution in [2.45, 2.75) is 19.8 Å². The van der Waals surface area contributed by atoms with Crippen LogP contribution in [0.3, 0.4) is 0 Å². The molecule has 3 nitrogen and oxygen atoms in total. The van der Waals surface area contributed by atoms with E-state index in [2.05, 4.69) is 42.4 Å². The number of benzene rings is 1. The van der Waals surface area contributed by atoms with Crippen molar-refractivity contribution in [2.75, 3.05) is 38.6 Å². The topological polar surface area (TPSA) is 24.5 Å². The highest BCUT2D eigenvalue weighted by Gasteiger charge is 2.37. The third kappa shape index (κ3) is 2.19. The van der Waals surface area contributed by atoms with Crippen LogP contribution >= 0.6 is 0 Å². The van der Waals surface area contributed by atoms with Crippen LogP contribution < -0.4 is 10.1 Å². The lowest BCUT2D eigenvalue weighted by Gasteiger charge is -2.45. The van der Waals surface area contributed by atoms with Crippen molar-refractivity contribution in [2.24, 2.45) is 5.41 Å². The van der Waals surface area contributed by atoms with Crippen molar-refractivity contribution in [1.82, 2.24) is 4.90 Å². The third-order valence-corrected chi connectivity index (χ3v) is 3.93. The number of rotatable bonds is 3. The Morgan fingerprint density at radius 1 is 1.39 bits per heavy atom. The minimum Gasteiger partial charge on any atom is -0.493 e. The summed E-state index contributed by atoms with van der Waals surface area (Å²) in [6, 6.07) is 6.35. The third-order valence-electron chi connectivity index (χ3n) is 3.93. The fraction of sp³-hybridized carbons (Fsp3) is 0.600. The minimum atomic E-state index is 0.333. The Morgan fingerprint density at radius 3 is 3.00 bits per heavy atom. The molecule has 18 heavy (non-hydrogen) atoms. The highest BCUT2D eigenvalue weighted by atomic mass is 16.5. The van der Waals surface area contributed by atoms with Crippen molar-refractivity contribution >= 4 is 5.69 Å². The summed E-state index contributed by atoms with van der Waals surface area (Å²) in [6.07, 6.45) is 2.34. The van der Waals surface area contributed by atoms with Gasteiger partial charge in [-0.1, -0.05) is 13.0 Å². The molecule has 2 heterocycles. The maximum absolute atomic E-state index is 6.09. The number of ether oxygens (including phenoxy) is 1. The predicted molar refractivity (Wildman–Crippen MR) is 74.4 cm³/mol. The first-order chi connectivity index (χ1) is 8.66. The molecule has 3 rings (SSSR count). The maximum Gasteiger partial charge on any atom is 0.124 e. The summed E-state index contributed by atoms with van der Waals surface area (Å²) in [5.41, 5.74) is 2.95. The number of hydrogen-bond acceptors (Lipinski definition) is 3. The molecule has 1 aromatic rings. The Kier molecular flexibility index (Phi) is 2.94. The minimum absolute atomic E-state index is 0.333. The summed E-state index contributed by atoms with van der Waals surface area (Å²) >= 11 is 0. The number of likely N-dealkylation sites (tertiary alicyclic amines) is 1. The normalized spacial score (nSPS) is 21.7. The first kappa shape index (κ1) is 11.8. The van der Waals surface area contributed by atoms with Crippen LogP contribution in [0.25, 0.3) is 0 Å². The van der Waals surface area contributed by atoms with Gasteiger partial charge in [-0.3, -0.25) is 0 Å². The molecule has 1 fully saturated rings. The van der Waals surface area contributed by atoms with E-state index in [-0.39, 0.29) is 0 Å². The van der Waals surface area contributed by atoms with Crippen LogP contribution in [0.15, 0.2) is 18.2 Å². The smallest absolute Gasteiger partial charge is 0.124 e. The van der Waals surface area contributed by atoms with Gasteiger partial charge in [-0.05, 0) is 32.0 Å². The zero-order valence-electron chi connectivity index (χ0n) is 11.3. The molecule has 0 saturated carbocycles. The Bertz CT molecular complexity index is 438. The Morgan fingerprint density at radius 2 is 2.22 bits per heavy atom. The monoisotopic (exact) mass is 246 g/mol. The SMILES string of the molecule is CN1CC(C)(COc2cccc3c2CCCN3)C1. The largest absolute Gasteiger partial charge is 0.493 e. The highest BCUT2D eigenvalue weighted by Crippen LogP contribution is 2.33. The molecule has 0 atom stereocenters. The van der Waals surface area contributed by atoms with E-state index in [1.165, 1.54) is 17.7 Å². The maximum atomic E-state index is 6.09. The molecule has 0 spiro atoms. The molecule has 0 amide bonds. The van der Waals surface area contributed by atoms with Crippen LogP contribution in [0.4, 0.5) is 5.69 Å². The molecule has 1 saturated heterocycles. The van der Waals surface area contributed by atoms with E-state index in [0.717, 1.165) is 38.4 Å². The van der Waals surface area contributed by atoms with Gasteiger partial charge >= 0.3 is 0 Å². The van der Waals surface area contributed by atoms with Gasteiger partial charge in [0, 0.05) is 36.3 Å². The molecule has 0 unspecified atom stereocenters. The molecular formula is C15H22N2O. The van der Waals surface area contributed by atoms with E-state index >= 15 is 0 Å². The number of nitrogens with zero attached hydrogens (tertiary/aromatic N) is 1. The molecule has 0 radical (unpaired) electrons. The van der Waals surface area contributed by atoms with Gasteiger partial charge in [0.25, 0.3) is 0 Å². The fourth-order valence-electron chi connectivity index (χ4n) is 3.21. The molecule has 1 aromatic carbocycles. The van der Waals surface area contributed by atoms with Crippen molar-refractivity contribution in [3.05, 3.63) is 23.8 Å². The molecule has 1 N–H and O–H groups in total. The zero-order chi connectivity index (χ0) is 12.6. The van der Waals surface area contributed by atoms with Gasteiger partial charge in [-0.2, -0.15) is 0 Å². The van der Waals surface area contributed by atoms with Gasteiger partial charge in [0.15, 0.2) is 0 Å². The van der Waals surface area contributed by atoms with E-state index in [4.69, 9.17) is 4.74 Å². The molecule has 0 bridgehead atoms. The van der Waals surface area contributed by atoms with E-state index < -0.39 is 0 Å². The quantitative estimate of drug-likeness (QED) is 0.886. The number of anilines is 1. The van der Waals surface area contributed by atoms with Crippen molar-refractivity contribution in [3.63, 3.8) is 0 Å². The van der Waals surface area contributed by atoms with Crippen molar-refractivity contribution in [1.29, 1.82) is 0 Å². The van der Waals surface area contributed by atoms with Gasteiger partial charge in [0.1, 0.15) is 5.75 Å².